The molecule has 0 bridgehead atoms. The quantitative estimate of drug-likeness (QED) is 0.336. The summed E-state index contributed by atoms with van der Waals surface area (Å²) in [6, 6.07) is 23.0. The van der Waals surface area contributed by atoms with Crippen molar-refractivity contribution in [1.29, 1.82) is 0 Å². The lowest BCUT2D eigenvalue weighted by atomic mass is 10.1. The fraction of sp³-hybridized carbons (Fsp3) is 0.290. The van der Waals surface area contributed by atoms with Crippen LogP contribution < -0.4 is 15.2 Å². The maximum absolute atomic E-state index is 13.8. The molecule has 1 fully saturated rings. The molecule has 0 radical (unpaired) electrons. The minimum absolute atomic E-state index is 0.155. The molecule has 0 amide bonds. The first kappa shape index (κ1) is 26.1. The van der Waals surface area contributed by atoms with E-state index in [9.17, 15) is 18.0 Å². The van der Waals surface area contributed by atoms with Crippen LogP contribution in [0, 0.1) is 0 Å². The van der Waals surface area contributed by atoms with Gasteiger partial charge in [0.15, 0.2) is 0 Å². The first-order chi connectivity index (χ1) is 19.3. The number of aromatic nitrogens is 2. The molecule has 0 N–H and O–H groups in total. The zero-order valence-corrected chi connectivity index (χ0v) is 21.8. The number of benzene rings is 3. The third-order valence-corrected chi connectivity index (χ3v) is 7.59. The molecule has 9 heteroatoms. The summed E-state index contributed by atoms with van der Waals surface area (Å²) in [6.45, 7) is 2.88. The Balaban J connectivity index is 1.22. The second kappa shape index (κ2) is 10.8. The lowest BCUT2D eigenvalue weighted by Gasteiger charge is -2.36. The van der Waals surface area contributed by atoms with Crippen molar-refractivity contribution < 1.29 is 17.9 Å². The Labute approximate surface area is 230 Å². The van der Waals surface area contributed by atoms with E-state index in [1.807, 2.05) is 42.5 Å². The molecular formula is C31H29F3N4O2. The van der Waals surface area contributed by atoms with Crippen molar-refractivity contribution in [3.8, 4) is 11.4 Å². The van der Waals surface area contributed by atoms with Crippen LogP contribution in [0.2, 0.25) is 0 Å². The number of hydrogen-bond acceptors (Lipinski definition) is 5. The van der Waals surface area contributed by atoms with Gasteiger partial charge in [0.05, 0.1) is 17.4 Å². The summed E-state index contributed by atoms with van der Waals surface area (Å²) in [6.07, 6.45) is -1.37. The summed E-state index contributed by atoms with van der Waals surface area (Å²) in [5.74, 6) is 0.281. The second-order valence-electron chi connectivity index (χ2n) is 10.3. The molecule has 1 aromatic heterocycles. The van der Waals surface area contributed by atoms with Crippen molar-refractivity contribution in [2.24, 2.45) is 0 Å². The minimum atomic E-state index is -4.36. The van der Waals surface area contributed by atoms with Gasteiger partial charge in [-0.3, -0.25) is 9.69 Å². The number of anilines is 1. The van der Waals surface area contributed by atoms with E-state index in [1.165, 1.54) is 27.9 Å². The van der Waals surface area contributed by atoms with Gasteiger partial charge < -0.3 is 9.64 Å². The maximum Gasteiger partial charge on any atom is 0.416 e. The van der Waals surface area contributed by atoms with Gasteiger partial charge in [0.2, 0.25) is 5.75 Å². The van der Waals surface area contributed by atoms with E-state index in [-0.39, 0.29) is 17.4 Å². The van der Waals surface area contributed by atoms with E-state index in [1.54, 1.807) is 12.3 Å². The van der Waals surface area contributed by atoms with Gasteiger partial charge in [0.25, 0.3) is 0 Å². The Morgan fingerprint density at radius 3 is 2.20 bits per heavy atom. The molecule has 0 spiro atoms. The van der Waals surface area contributed by atoms with E-state index >= 15 is 0 Å². The Morgan fingerprint density at radius 1 is 0.850 bits per heavy atom. The monoisotopic (exact) mass is 546 g/mol. The molecule has 0 saturated carbocycles. The standard InChI is InChI=1S/C31H29F3N4O2/c32-31(33,34)25-10-6-7-22(17-25)21-36-13-15-37(16-14-36)28-20-35-38(26-11-2-1-3-12-26)30(39)29(28)40-27-18-23-8-4-5-9-24(23)19-27/h1-12,17,20,27H,13-16,18-19,21H2. The Bertz CT molecular complexity index is 1520. The number of alkyl halides is 3. The Hall–Kier alpha value is -4.11. The van der Waals surface area contributed by atoms with Crippen LogP contribution in [0.1, 0.15) is 22.3 Å². The molecule has 1 aliphatic carbocycles. The molecule has 206 valence electrons. The second-order valence-corrected chi connectivity index (χ2v) is 10.3. The number of halogens is 3. The van der Waals surface area contributed by atoms with Crippen LogP contribution >= 0.6 is 0 Å². The van der Waals surface area contributed by atoms with Crippen molar-refractivity contribution in [3.05, 3.63) is 118 Å². The summed E-state index contributed by atoms with van der Waals surface area (Å²) < 4.78 is 47.3. The summed E-state index contributed by atoms with van der Waals surface area (Å²) in [4.78, 5) is 18.0. The third-order valence-electron chi connectivity index (χ3n) is 7.59. The summed E-state index contributed by atoms with van der Waals surface area (Å²) in [5.41, 5.74) is 3.44. The lowest BCUT2D eigenvalue weighted by molar-refractivity contribution is -0.137. The van der Waals surface area contributed by atoms with Crippen LogP contribution in [0.5, 0.6) is 5.75 Å². The average Bonchev–Trinajstić information content (AvgIpc) is 3.37. The SMILES string of the molecule is O=c1c(OC2Cc3ccccc3C2)c(N2CCN(Cc3cccc(C(F)(F)F)c3)CC2)cnn1-c1ccccc1. The number of hydrogen-bond donors (Lipinski definition) is 0. The maximum atomic E-state index is 13.8. The highest BCUT2D eigenvalue weighted by molar-refractivity contribution is 5.57. The fourth-order valence-electron chi connectivity index (χ4n) is 5.54. The first-order valence-electron chi connectivity index (χ1n) is 13.4. The molecule has 3 aromatic carbocycles. The lowest BCUT2D eigenvalue weighted by Crippen LogP contribution is -2.46. The number of para-hydroxylation sites is 1. The molecule has 0 unspecified atom stereocenters. The predicted octanol–water partition coefficient (Wildman–Crippen LogP) is 5.12. The topological polar surface area (TPSA) is 50.6 Å². The molecule has 6 rings (SSSR count). The zero-order valence-electron chi connectivity index (χ0n) is 21.8. The summed E-state index contributed by atoms with van der Waals surface area (Å²) in [7, 11) is 0. The van der Waals surface area contributed by atoms with Crippen LogP contribution in [0.4, 0.5) is 18.9 Å². The van der Waals surface area contributed by atoms with E-state index in [4.69, 9.17) is 4.74 Å². The highest BCUT2D eigenvalue weighted by Crippen LogP contribution is 2.32. The normalized spacial score (nSPS) is 16.2. The van der Waals surface area contributed by atoms with Gasteiger partial charge in [-0.25, -0.2) is 0 Å². The van der Waals surface area contributed by atoms with Gasteiger partial charge in [-0.05, 0) is 34.9 Å². The highest BCUT2D eigenvalue weighted by atomic mass is 19.4. The molecule has 2 heterocycles. The van der Waals surface area contributed by atoms with Gasteiger partial charge in [-0.15, -0.1) is 0 Å². The van der Waals surface area contributed by atoms with E-state index < -0.39 is 11.7 Å². The molecular weight excluding hydrogens is 517 g/mol. The molecule has 6 nitrogen and oxygen atoms in total. The van der Waals surface area contributed by atoms with E-state index in [0.29, 0.717) is 49.7 Å². The Kier molecular flexibility index (Phi) is 7.06. The van der Waals surface area contributed by atoms with Crippen LogP contribution in [0.3, 0.4) is 0 Å². The first-order valence-corrected chi connectivity index (χ1v) is 13.4. The van der Waals surface area contributed by atoms with Gasteiger partial charge in [-0.2, -0.15) is 23.0 Å². The number of nitrogens with zero attached hydrogens (tertiary/aromatic N) is 4. The van der Waals surface area contributed by atoms with Crippen LogP contribution in [-0.4, -0.2) is 47.0 Å². The van der Waals surface area contributed by atoms with Crippen molar-refractivity contribution >= 4 is 5.69 Å². The molecule has 4 aromatic rings. The van der Waals surface area contributed by atoms with Gasteiger partial charge in [0, 0.05) is 45.6 Å². The van der Waals surface area contributed by atoms with Crippen molar-refractivity contribution in [2.45, 2.75) is 31.7 Å². The molecule has 0 atom stereocenters. The van der Waals surface area contributed by atoms with E-state index in [2.05, 4.69) is 27.0 Å². The fourth-order valence-corrected chi connectivity index (χ4v) is 5.54. The van der Waals surface area contributed by atoms with Crippen LogP contribution in [0.25, 0.3) is 5.69 Å². The Morgan fingerprint density at radius 2 is 1.52 bits per heavy atom. The molecule has 2 aliphatic rings. The number of fused-ring (bicyclic) bond motifs is 1. The van der Waals surface area contributed by atoms with Crippen molar-refractivity contribution in [2.75, 3.05) is 31.1 Å². The smallest absolute Gasteiger partial charge is 0.416 e. The third kappa shape index (κ3) is 5.47. The van der Waals surface area contributed by atoms with Crippen molar-refractivity contribution in [1.82, 2.24) is 14.7 Å². The predicted molar refractivity (Wildman–Crippen MR) is 147 cm³/mol. The number of rotatable bonds is 6. The van der Waals surface area contributed by atoms with Gasteiger partial charge >= 0.3 is 11.7 Å². The van der Waals surface area contributed by atoms with Gasteiger partial charge in [0.1, 0.15) is 11.8 Å². The molecule has 1 saturated heterocycles. The molecule has 40 heavy (non-hydrogen) atoms. The van der Waals surface area contributed by atoms with Crippen LogP contribution in [0.15, 0.2) is 89.9 Å². The zero-order chi connectivity index (χ0) is 27.7. The van der Waals surface area contributed by atoms with Crippen LogP contribution in [-0.2, 0) is 25.6 Å². The van der Waals surface area contributed by atoms with Gasteiger partial charge in [-0.1, -0.05) is 60.7 Å². The number of piperazine rings is 1. The molecule has 1 aliphatic heterocycles. The summed E-state index contributed by atoms with van der Waals surface area (Å²) in [5, 5.41) is 4.48. The largest absolute Gasteiger partial charge is 0.482 e. The van der Waals surface area contributed by atoms with Crippen molar-refractivity contribution in [3.63, 3.8) is 0 Å². The number of ether oxygens (including phenoxy) is 1. The highest BCUT2D eigenvalue weighted by Gasteiger charge is 2.31. The minimum Gasteiger partial charge on any atom is -0.482 e. The van der Waals surface area contributed by atoms with E-state index in [0.717, 1.165) is 18.9 Å². The average molecular weight is 547 g/mol. The summed E-state index contributed by atoms with van der Waals surface area (Å²) >= 11 is 0.